The van der Waals surface area contributed by atoms with E-state index in [-0.39, 0.29) is 0 Å². The van der Waals surface area contributed by atoms with Gasteiger partial charge in [-0.2, -0.15) is 0 Å². The highest BCUT2D eigenvalue weighted by molar-refractivity contribution is 6.18. The summed E-state index contributed by atoms with van der Waals surface area (Å²) in [5.74, 6) is 0. The highest BCUT2D eigenvalue weighted by Crippen LogP contribution is 2.35. The first-order chi connectivity index (χ1) is 20.7. The van der Waals surface area contributed by atoms with Gasteiger partial charge >= 0.3 is 0 Å². The maximum Gasteiger partial charge on any atom is -0.00990 e. The summed E-state index contributed by atoms with van der Waals surface area (Å²) in [4.78, 5) is 0. The van der Waals surface area contributed by atoms with Crippen LogP contribution in [0.25, 0.3) is 54.6 Å². The molecule has 0 bridgehead atoms. The standard InChI is InChI=1S/C42H44/c1-3-5-7-9-13-31-15-11-17-33(27-31)35-19-23-39-37(29-35)21-25-42-40-24-20-36(30-38(40)22-26-41(39)42)34-18-12-16-32(28-34)14-10-8-6-4-2/h11-12,15-30H,3-10,13-14H2,1-2H3. The third kappa shape index (κ3) is 6.29. The van der Waals surface area contributed by atoms with E-state index in [4.69, 9.17) is 0 Å². The minimum Gasteiger partial charge on any atom is -0.0654 e. The third-order valence-corrected chi connectivity index (χ3v) is 8.99. The number of benzene rings is 6. The van der Waals surface area contributed by atoms with Gasteiger partial charge in [-0.1, -0.05) is 149 Å². The fourth-order valence-electron chi connectivity index (χ4n) is 6.57. The van der Waals surface area contributed by atoms with Gasteiger partial charge < -0.3 is 0 Å². The van der Waals surface area contributed by atoms with Gasteiger partial charge in [0.1, 0.15) is 0 Å². The Morgan fingerprint density at radius 1 is 0.357 bits per heavy atom. The number of hydrogen-bond acceptors (Lipinski definition) is 0. The summed E-state index contributed by atoms with van der Waals surface area (Å²) in [6, 6.07) is 41.6. The normalized spacial score (nSPS) is 11.6. The maximum absolute atomic E-state index is 2.39. The van der Waals surface area contributed by atoms with E-state index in [1.54, 1.807) is 0 Å². The van der Waals surface area contributed by atoms with Crippen molar-refractivity contribution in [3.63, 3.8) is 0 Å². The van der Waals surface area contributed by atoms with Crippen LogP contribution in [0.1, 0.15) is 76.3 Å². The summed E-state index contributed by atoms with van der Waals surface area (Å²) in [5, 5.41) is 7.93. The zero-order valence-corrected chi connectivity index (χ0v) is 25.5. The lowest BCUT2D eigenvalue weighted by Gasteiger charge is -2.12. The van der Waals surface area contributed by atoms with Crippen molar-refractivity contribution >= 4 is 32.3 Å². The van der Waals surface area contributed by atoms with E-state index < -0.39 is 0 Å². The summed E-state index contributed by atoms with van der Waals surface area (Å²) in [5.41, 5.74) is 8.14. The topological polar surface area (TPSA) is 0 Å². The molecule has 0 aliphatic rings. The van der Waals surface area contributed by atoms with E-state index in [0.717, 1.165) is 0 Å². The Kier molecular flexibility index (Phi) is 9.00. The van der Waals surface area contributed by atoms with Gasteiger partial charge in [-0.25, -0.2) is 0 Å². The van der Waals surface area contributed by atoms with Gasteiger partial charge in [0.2, 0.25) is 0 Å². The van der Waals surface area contributed by atoms with Gasteiger partial charge in [-0.05, 0) is 104 Å². The predicted octanol–water partition coefficient (Wildman–Crippen LogP) is 12.7. The van der Waals surface area contributed by atoms with E-state index in [1.807, 2.05) is 0 Å². The van der Waals surface area contributed by atoms with Crippen LogP contribution in [0.4, 0.5) is 0 Å². The molecule has 6 rings (SSSR count). The SMILES string of the molecule is CCCCCCc1cccc(-c2ccc3c(ccc4c5ccc(-c6cccc(CCCCCC)c6)cc5ccc34)c2)c1. The Balaban J connectivity index is 1.27. The Bertz CT molecular complexity index is 1670. The minimum atomic E-state index is 1.17. The molecule has 0 aromatic heterocycles. The molecular weight excluding hydrogens is 504 g/mol. The number of unbranched alkanes of at least 4 members (excludes halogenated alkanes) is 6. The predicted molar refractivity (Wildman–Crippen MR) is 186 cm³/mol. The molecule has 0 heterocycles. The molecular formula is C42H44. The van der Waals surface area contributed by atoms with Gasteiger partial charge in [-0.15, -0.1) is 0 Å². The van der Waals surface area contributed by atoms with Gasteiger partial charge in [0, 0.05) is 0 Å². The van der Waals surface area contributed by atoms with Crippen LogP contribution >= 0.6 is 0 Å². The maximum atomic E-state index is 2.39. The van der Waals surface area contributed by atoms with Crippen molar-refractivity contribution in [2.75, 3.05) is 0 Å². The van der Waals surface area contributed by atoms with Crippen LogP contribution in [0.3, 0.4) is 0 Å². The van der Waals surface area contributed by atoms with Crippen LogP contribution in [-0.4, -0.2) is 0 Å². The fraction of sp³-hybridized carbons (Fsp3) is 0.286. The molecule has 0 heteroatoms. The molecule has 212 valence electrons. The molecule has 0 nitrogen and oxygen atoms in total. The molecule has 0 saturated carbocycles. The first-order valence-corrected chi connectivity index (χ1v) is 16.3. The van der Waals surface area contributed by atoms with Gasteiger partial charge in [0.25, 0.3) is 0 Å². The minimum absolute atomic E-state index is 1.17. The van der Waals surface area contributed by atoms with Crippen LogP contribution in [0.5, 0.6) is 0 Å². The number of aryl methyl sites for hydroxylation is 2. The van der Waals surface area contributed by atoms with E-state index in [0.29, 0.717) is 0 Å². The second-order valence-corrected chi connectivity index (χ2v) is 12.1. The Hall–Kier alpha value is -3.90. The van der Waals surface area contributed by atoms with Crippen LogP contribution in [-0.2, 0) is 12.8 Å². The molecule has 0 radical (unpaired) electrons. The highest BCUT2D eigenvalue weighted by Gasteiger charge is 2.09. The fourth-order valence-corrected chi connectivity index (χ4v) is 6.57. The van der Waals surface area contributed by atoms with E-state index >= 15 is 0 Å². The molecule has 0 aliphatic carbocycles. The lowest BCUT2D eigenvalue weighted by Crippen LogP contribution is -1.88. The van der Waals surface area contributed by atoms with Crippen molar-refractivity contribution in [3.8, 4) is 22.3 Å². The van der Waals surface area contributed by atoms with Crippen LogP contribution in [0, 0.1) is 0 Å². The van der Waals surface area contributed by atoms with Crippen molar-refractivity contribution in [3.05, 3.63) is 120 Å². The lowest BCUT2D eigenvalue weighted by molar-refractivity contribution is 0.667. The van der Waals surface area contributed by atoms with Crippen molar-refractivity contribution < 1.29 is 0 Å². The zero-order chi connectivity index (χ0) is 28.7. The summed E-state index contributed by atoms with van der Waals surface area (Å²) in [6.07, 6.45) is 12.8. The first-order valence-electron chi connectivity index (χ1n) is 16.3. The van der Waals surface area contributed by atoms with Crippen molar-refractivity contribution in [2.24, 2.45) is 0 Å². The average molecular weight is 549 g/mol. The Morgan fingerprint density at radius 3 is 1.24 bits per heavy atom. The lowest BCUT2D eigenvalue weighted by atomic mass is 9.92. The first kappa shape index (κ1) is 28.2. The van der Waals surface area contributed by atoms with Crippen molar-refractivity contribution in [1.29, 1.82) is 0 Å². The molecule has 42 heavy (non-hydrogen) atoms. The molecule has 0 amide bonds. The smallest absolute Gasteiger partial charge is 0.00990 e. The van der Waals surface area contributed by atoms with E-state index in [1.165, 1.54) is 130 Å². The van der Waals surface area contributed by atoms with Crippen molar-refractivity contribution in [2.45, 2.75) is 78.1 Å². The number of hydrogen-bond donors (Lipinski definition) is 0. The molecule has 0 unspecified atom stereocenters. The average Bonchev–Trinajstić information content (AvgIpc) is 3.04. The summed E-state index contributed by atoms with van der Waals surface area (Å²) in [7, 11) is 0. The largest absolute Gasteiger partial charge is 0.0654 e. The quantitative estimate of drug-likeness (QED) is 0.105. The van der Waals surface area contributed by atoms with Gasteiger partial charge in [0.05, 0.1) is 0 Å². The molecule has 0 spiro atoms. The van der Waals surface area contributed by atoms with E-state index in [9.17, 15) is 0 Å². The number of rotatable bonds is 12. The van der Waals surface area contributed by atoms with Gasteiger partial charge in [-0.3, -0.25) is 0 Å². The molecule has 0 aliphatic heterocycles. The molecule has 0 N–H and O–H groups in total. The zero-order valence-electron chi connectivity index (χ0n) is 25.5. The summed E-state index contributed by atoms with van der Waals surface area (Å²) >= 11 is 0. The second kappa shape index (κ2) is 13.4. The number of fused-ring (bicyclic) bond motifs is 5. The summed E-state index contributed by atoms with van der Waals surface area (Å²) in [6.45, 7) is 4.55. The second-order valence-electron chi connectivity index (χ2n) is 12.1. The Labute approximate surface area is 252 Å². The summed E-state index contributed by atoms with van der Waals surface area (Å²) < 4.78 is 0. The molecule has 6 aromatic rings. The molecule has 0 fully saturated rings. The van der Waals surface area contributed by atoms with Crippen LogP contribution < -0.4 is 0 Å². The third-order valence-electron chi connectivity index (χ3n) is 8.99. The molecule has 0 atom stereocenters. The molecule has 0 saturated heterocycles. The highest BCUT2D eigenvalue weighted by atomic mass is 14.1. The van der Waals surface area contributed by atoms with Crippen LogP contribution in [0.15, 0.2) is 109 Å². The van der Waals surface area contributed by atoms with Gasteiger partial charge in [0.15, 0.2) is 0 Å². The monoisotopic (exact) mass is 548 g/mol. The Morgan fingerprint density at radius 2 is 0.786 bits per heavy atom. The van der Waals surface area contributed by atoms with Crippen LogP contribution in [0.2, 0.25) is 0 Å². The van der Waals surface area contributed by atoms with Crippen molar-refractivity contribution in [1.82, 2.24) is 0 Å². The molecule has 6 aromatic carbocycles. The van der Waals surface area contributed by atoms with E-state index in [2.05, 4.69) is 123 Å².